The van der Waals surface area contributed by atoms with Gasteiger partial charge in [0.25, 0.3) is 0 Å². The van der Waals surface area contributed by atoms with Gasteiger partial charge in [-0.15, -0.1) is 0 Å². The molecule has 2 nitrogen and oxygen atoms in total. The molecule has 0 aromatic heterocycles. The van der Waals surface area contributed by atoms with Gasteiger partial charge in [-0.2, -0.15) is 0 Å². The smallest absolute Gasteiger partial charge is 0.0695 e. The Kier molecular flexibility index (Phi) is 3.76. The molecule has 2 bridgehead atoms. The minimum Gasteiger partial charge on any atom is -0.391 e. The second kappa shape index (κ2) is 5.73. The van der Waals surface area contributed by atoms with Crippen molar-refractivity contribution in [3.63, 3.8) is 0 Å². The molecule has 0 radical (unpaired) electrons. The Balaban J connectivity index is 1.51. The summed E-state index contributed by atoms with van der Waals surface area (Å²) in [5.41, 5.74) is 1.53. The van der Waals surface area contributed by atoms with Gasteiger partial charge in [0, 0.05) is 18.1 Å². The van der Waals surface area contributed by atoms with Crippen molar-refractivity contribution in [1.29, 1.82) is 0 Å². The number of piperidine rings is 1. The largest absolute Gasteiger partial charge is 0.391 e. The Morgan fingerprint density at radius 1 is 0.857 bits per heavy atom. The summed E-state index contributed by atoms with van der Waals surface area (Å²) >= 11 is 0. The van der Waals surface area contributed by atoms with Crippen molar-refractivity contribution in [1.82, 2.24) is 4.90 Å². The standard InChI is InChI=1S/C19H27NO/c21-19-9-5-4-8-18(19)20-16-10-11-17(20)13-15(12-16)14-6-2-1-3-7-14/h1-3,6-7,15-19,21H,4-5,8-13H2/t15?,16-,17+,18-,19-/m0/s1. The molecule has 21 heavy (non-hydrogen) atoms. The molecule has 2 saturated heterocycles. The maximum Gasteiger partial charge on any atom is 0.0695 e. The molecule has 5 atom stereocenters. The summed E-state index contributed by atoms with van der Waals surface area (Å²) < 4.78 is 0. The third kappa shape index (κ3) is 2.53. The molecule has 1 aromatic carbocycles. The molecule has 1 saturated carbocycles. The molecule has 1 aliphatic carbocycles. The summed E-state index contributed by atoms with van der Waals surface area (Å²) in [7, 11) is 0. The van der Waals surface area contributed by atoms with E-state index < -0.39 is 0 Å². The predicted molar refractivity (Wildman–Crippen MR) is 85.3 cm³/mol. The molecule has 2 aliphatic heterocycles. The first-order chi connectivity index (χ1) is 10.3. The van der Waals surface area contributed by atoms with Gasteiger partial charge in [0.1, 0.15) is 0 Å². The number of hydrogen-bond donors (Lipinski definition) is 1. The number of aliphatic hydroxyl groups excluding tert-OH is 1. The molecule has 114 valence electrons. The van der Waals surface area contributed by atoms with E-state index in [-0.39, 0.29) is 6.10 Å². The van der Waals surface area contributed by atoms with Gasteiger partial charge in [-0.1, -0.05) is 43.2 Å². The second-order valence-corrected chi connectivity index (χ2v) is 7.33. The number of aliphatic hydroxyl groups is 1. The van der Waals surface area contributed by atoms with E-state index >= 15 is 0 Å². The lowest BCUT2D eigenvalue weighted by molar-refractivity contribution is -0.0233. The lowest BCUT2D eigenvalue weighted by Crippen LogP contribution is -2.53. The quantitative estimate of drug-likeness (QED) is 0.895. The van der Waals surface area contributed by atoms with Crippen LogP contribution in [0.15, 0.2) is 30.3 Å². The molecule has 2 heteroatoms. The fraction of sp³-hybridized carbons (Fsp3) is 0.684. The summed E-state index contributed by atoms with van der Waals surface area (Å²) in [6.45, 7) is 0. The normalized spacial score (nSPS) is 40.3. The van der Waals surface area contributed by atoms with Gasteiger partial charge < -0.3 is 5.11 Å². The van der Waals surface area contributed by atoms with Crippen LogP contribution in [0.3, 0.4) is 0 Å². The van der Waals surface area contributed by atoms with Crippen LogP contribution in [0.1, 0.15) is 62.8 Å². The predicted octanol–water partition coefficient (Wildman–Crippen LogP) is 3.70. The van der Waals surface area contributed by atoms with Gasteiger partial charge in [-0.05, 0) is 50.0 Å². The number of rotatable bonds is 2. The molecule has 2 heterocycles. The van der Waals surface area contributed by atoms with E-state index in [2.05, 4.69) is 35.2 Å². The highest BCUT2D eigenvalue weighted by atomic mass is 16.3. The molecular weight excluding hydrogens is 258 g/mol. The van der Waals surface area contributed by atoms with Crippen molar-refractivity contribution in [2.75, 3.05) is 0 Å². The summed E-state index contributed by atoms with van der Waals surface area (Å²) in [5, 5.41) is 10.4. The highest BCUT2D eigenvalue weighted by Gasteiger charge is 2.46. The van der Waals surface area contributed by atoms with Crippen LogP contribution in [0, 0.1) is 0 Å². The van der Waals surface area contributed by atoms with E-state index in [1.165, 1.54) is 50.5 Å². The van der Waals surface area contributed by atoms with Crippen LogP contribution in [-0.2, 0) is 0 Å². The lowest BCUT2D eigenvalue weighted by atomic mass is 9.82. The van der Waals surface area contributed by atoms with Crippen molar-refractivity contribution in [2.45, 2.75) is 81.5 Å². The fourth-order valence-electron chi connectivity index (χ4n) is 5.19. The monoisotopic (exact) mass is 285 g/mol. The van der Waals surface area contributed by atoms with Crippen molar-refractivity contribution in [3.8, 4) is 0 Å². The first kappa shape index (κ1) is 13.8. The average molecular weight is 285 g/mol. The van der Waals surface area contributed by atoms with Crippen LogP contribution in [0.2, 0.25) is 0 Å². The molecule has 3 aliphatic rings. The van der Waals surface area contributed by atoms with E-state index in [1.54, 1.807) is 0 Å². The average Bonchev–Trinajstić information content (AvgIpc) is 2.78. The van der Waals surface area contributed by atoms with E-state index in [4.69, 9.17) is 0 Å². The van der Waals surface area contributed by atoms with Gasteiger partial charge in [-0.25, -0.2) is 0 Å². The van der Waals surface area contributed by atoms with Crippen molar-refractivity contribution < 1.29 is 5.11 Å². The third-order valence-corrected chi connectivity index (χ3v) is 6.14. The van der Waals surface area contributed by atoms with Crippen molar-refractivity contribution >= 4 is 0 Å². The summed E-state index contributed by atoms with van der Waals surface area (Å²) in [6.07, 6.45) is 9.96. The Morgan fingerprint density at radius 2 is 1.52 bits per heavy atom. The van der Waals surface area contributed by atoms with Crippen LogP contribution in [0.25, 0.3) is 0 Å². The van der Waals surface area contributed by atoms with Gasteiger partial charge in [0.15, 0.2) is 0 Å². The minimum absolute atomic E-state index is 0.0740. The zero-order valence-electron chi connectivity index (χ0n) is 12.8. The summed E-state index contributed by atoms with van der Waals surface area (Å²) in [6, 6.07) is 12.9. The van der Waals surface area contributed by atoms with Crippen LogP contribution >= 0.6 is 0 Å². The van der Waals surface area contributed by atoms with Gasteiger partial charge in [0.2, 0.25) is 0 Å². The van der Waals surface area contributed by atoms with E-state index in [1.807, 2.05) is 0 Å². The zero-order chi connectivity index (χ0) is 14.2. The molecule has 3 fully saturated rings. The van der Waals surface area contributed by atoms with Crippen LogP contribution in [0.4, 0.5) is 0 Å². The van der Waals surface area contributed by atoms with E-state index in [9.17, 15) is 5.11 Å². The van der Waals surface area contributed by atoms with Gasteiger partial charge in [0.05, 0.1) is 6.10 Å². The number of fused-ring (bicyclic) bond motifs is 2. The maximum atomic E-state index is 10.4. The van der Waals surface area contributed by atoms with Crippen LogP contribution in [0.5, 0.6) is 0 Å². The van der Waals surface area contributed by atoms with Crippen LogP contribution < -0.4 is 0 Å². The van der Waals surface area contributed by atoms with Crippen molar-refractivity contribution in [3.05, 3.63) is 35.9 Å². The Bertz CT molecular complexity index is 460. The van der Waals surface area contributed by atoms with Gasteiger partial charge in [-0.3, -0.25) is 4.90 Å². The first-order valence-corrected chi connectivity index (χ1v) is 8.83. The molecule has 4 rings (SSSR count). The van der Waals surface area contributed by atoms with Gasteiger partial charge >= 0.3 is 0 Å². The first-order valence-electron chi connectivity index (χ1n) is 8.83. The molecule has 1 aromatic rings. The number of benzene rings is 1. The van der Waals surface area contributed by atoms with E-state index in [0.29, 0.717) is 18.1 Å². The maximum absolute atomic E-state index is 10.4. The molecule has 1 unspecified atom stereocenters. The zero-order valence-corrected chi connectivity index (χ0v) is 12.8. The molecular formula is C19H27NO. The minimum atomic E-state index is -0.0740. The van der Waals surface area contributed by atoms with E-state index in [0.717, 1.165) is 12.3 Å². The summed E-state index contributed by atoms with van der Waals surface area (Å²) in [4.78, 5) is 2.74. The summed E-state index contributed by atoms with van der Waals surface area (Å²) in [5.74, 6) is 0.737. The lowest BCUT2D eigenvalue weighted by Gasteiger charge is -2.46. The topological polar surface area (TPSA) is 23.5 Å². The highest BCUT2D eigenvalue weighted by molar-refractivity contribution is 5.22. The number of nitrogens with zero attached hydrogens (tertiary/aromatic N) is 1. The molecule has 1 N–H and O–H groups in total. The molecule has 0 amide bonds. The van der Waals surface area contributed by atoms with Crippen LogP contribution in [-0.4, -0.2) is 34.2 Å². The second-order valence-electron chi connectivity index (χ2n) is 7.33. The fourth-order valence-corrected chi connectivity index (χ4v) is 5.19. The SMILES string of the molecule is O[C@H]1CCCC[C@@H]1N1[C@@H]2CC[C@H]1CC(c1ccccc1)C2. The Hall–Kier alpha value is -0.860. The Morgan fingerprint density at radius 3 is 2.19 bits per heavy atom. The molecule has 0 spiro atoms. The third-order valence-electron chi connectivity index (χ3n) is 6.14. The Labute approximate surface area is 128 Å². The number of hydrogen-bond acceptors (Lipinski definition) is 2. The highest BCUT2D eigenvalue weighted by Crippen LogP contribution is 2.45. The van der Waals surface area contributed by atoms with Crippen molar-refractivity contribution in [2.24, 2.45) is 0 Å².